The van der Waals surface area contributed by atoms with E-state index >= 15 is 0 Å². The summed E-state index contributed by atoms with van der Waals surface area (Å²) in [6.07, 6.45) is 2.74. The Hall–Kier alpha value is -1.10. The first kappa shape index (κ1) is 13.9. The van der Waals surface area contributed by atoms with Crippen LogP contribution >= 0.6 is 0 Å². The Balaban J connectivity index is 1.88. The summed E-state index contributed by atoms with van der Waals surface area (Å²) in [5, 5.41) is 19.4. The molecule has 1 heterocycles. The first-order chi connectivity index (χ1) is 9.72. The molecule has 0 amide bonds. The number of nitrogens with zero attached hydrogens (tertiary/aromatic N) is 1. The van der Waals surface area contributed by atoms with E-state index in [0.29, 0.717) is 11.8 Å². The highest BCUT2D eigenvalue weighted by Gasteiger charge is 2.40. The molecular formula is C16H23NO3. The molecule has 1 fully saturated rings. The summed E-state index contributed by atoms with van der Waals surface area (Å²) in [5.74, 6) is 0.373. The van der Waals surface area contributed by atoms with E-state index in [1.165, 1.54) is 5.56 Å². The van der Waals surface area contributed by atoms with Gasteiger partial charge in [0, 0.05) is 19.0 Å². The normalized spacial score (nSPS) is 29.8. The third-order valence-corrected chi connectivity index (χ3v) is 4.50. The lowest BCUT2D eigenvalue weighted by Crippen LogP contribution is -2.58. The number of morpholine rings is 1. The number of aliphatic hydroxyl groups is 1. The SMILES string of the molecule is CCCN1C[C@@H](CO)O[C@@H]2Cc3c(O)cccc3C[C@H]21. The second kappa shape index (κ2) is 5.72. The van der Waals surface area contributed by atoms with E-state index < -0.39 is 0 Å². The van der Waals surface area contributed by atoms with Crippen molar-refractivity contribution >= 4 is 0 Å². The molecule has 110 valence electrons. The molecule has 1 saturated heterocycles. The summed E-state index contributed by atoms with van der Waals surface area (Å²) in [5.41, 5.74) is 2.25. The first-order valence-electron chi connectivity index (χ1n) is 7.53. The molecule has 0 bridgehead atoms. The standard InChI is InChI=1S/C16H23NO3/c1-2-6-17-9-12(10-18)20-16-8-13-11(7-14(16)17)4-3-5-15(13)19/h3-5,12,14,16,18-19H,2,6-10H2,1H3/t12-,14+,16+/m0/s1. The molecule has 0 aromatic heterocycles. The van der Waals surface area contributed by atoms with E-state index in [1.807, 2.05) is 6.07 Å². The molecule has 1 aliphatic heterocycles. The lowest BCUT2D eigenvalue weighted by Gasteiger charge is -2.47. The molecular weight excluding hydrogens is 254 g/mol. The second-order valence-corrected chi connectivity index (χ2v) is 5.86. The molecule has 1 aromatic carbocycles. The molecule has 4 nitrogen and oxygen atoms in total. The van der Waals surface area contributed by atoms with Crippen LogP contribution in [0.5, 0.6) is 5.75 Å². The van der Waals surface area contributed by atoms with Crippen LogP contribution < -0.4 is 0 Å². The molecule has 0 radical (unpaired) electrons. The zero-order chi connectivity index (χ0) is 14.1. The topological polar surface area (TPSA) is 52.9 Å². The predicted octanol–water partition coefficient (Wildman–Crippen LogP) is 1.33. The van der Waals surface area contributed by atoms with Crippen LogP contribution in [0.2, 0.25) is 0 Å². The van der Waals surface area contributed by atoms with Gasteiger partial charge in [0.15, 0.2) is 0 Å². The summed E-state index contributed by atoms with van der Waals surface area (Å²) in [4.78, 5) is 2.45. The van der Waals surface area contributed by atoms with Crippen molar-refractivity contribution in [1.82, 2.24) is 4.90 Å². The highest BCUT2D eigenvalue weighted by Crippen LogP contribution is 2.34. The van der Waals surface area contributed by atoms with Gasteiger partial charge >= 0.3 is 0 Å². The minimum absolute atomic E-state index is 0.0665. The van der Waals surface area contributed by atoms with Crippen LogP contribution in [0.3, 0.4) is 0 Å². The highest BCUT2D eigenvalue weighted by molar-refractivity contribution is 5.42. The maximum atomic E-state index is 10.0. The second-order valence-electron chi connectivity index (χ2n) is 5.86. The summed E-state index contributed by atoms with van der Waals surface area (Å²) < 4.78 is 6.03. The van der Waals surface area contributed by atoms with E-state index in [4.69, 9.17) is 4.74 Å². The maximum absolute atomic E-state index is 10.0. The average Bonchev–Trinajstić information content (AvgIpc) is 2.46. The Labute approximate surface area is 120 Å². The molecule has 1 aromatic rings. The number of rotatable bonds is 3. The first-order valence-corrected chi connectivity index (χ1v) is 7.53. The number of fused-ring (bicyclic) bond motifs is 2. The number of phenols is 1. The number of hydrogen-bond donors (Lipinski definition) is 2. The fourth-order valence-corrected chi connectivity index (χ4v) is 3.58. The average molecular weight is 277 g/mol. The molecule has 3 rings (SSSR count). The number of hydrogen-bond acceptors (Lipinski definition) is 4. The van der Waals surface area contributed by atoms with Crippen LogP contribution in [-0.2, 0) is 17.6 Å². The number of ether oxygens (including phenoxy) is 1. The summed E-state index contributed by atoms with van der Waals surface area (Å²) in [7, 11) is 0. The molecule has 2 N–H and O–H groups in total. The van der Waals surface area contributed by atoms with Crippen LogP contribution in [-0.4, -0.2) is 53.1 Å². The summed E-state index contributed by atoms with van der Waals surface area (Å²) in [6.45, 7) is 4.09. The number of phenolic OH excluding ortho intramolecular Hbond substituents is 1. The molecule has 0 spiro atoms. The van der Waals surface area contributed by atoms with Crippen molar-refractivity contribution in [2.75, 3.05) is 19.7 Å². The van der Waals surface area contributed by atoms with Crippen LogP contribution in [0.15, 0.2) is 18.2 Å². The largest absolute Gasteiger partial charge is 0.508 e. The van der Waals surface area contributed by atoms with Gasteiger partial charge in [0.2, 0.25) is 0 Å². The predicted molar refractivity (Wildman–Crippen MR) is 76.9 cm³/mol. The van der Waals surface area contributed by atoms with Crippen molar-refractivity contribution in [1.29, 1.82) is 0 Å². The zero-order valence-electron chi connectivity index (χ0n) is 12.0. The Kier molecular flexibility index (Phi) is 3.96. The van der Waals surface area contributed by atoms with Crippen molar-refractivity contribution in [2.45, 2.75) is 44.4 Å². The lowest BCUT2D eigenvalue weighted by molar-refractivity contribution is -0.135. The zero-order valence-corrected chi connectivity index (χ0v) is 12.0. The number of benzene rings is 1. The van der Waals surface area contributed by atoms with Crippen LogP contribution in [0, 0.1) is 0 Å². The molecule has 4 heteroatoms. The fraction of sp³-hybridized carbons (Fsp3) is 0.625. The van der Waals surface area contributed by atoms with Crippen LogP contribution in [0.4, 0.5) is 0 Å². The monoisotopic (exact) mass is 277 g/mol. The Bertz CT molecular complexity index is 477. The third-order valence-electron chi connectivity index (χ3n) is 4.50. The lowest BCUT2D eigenvalue weighted by atomic mass is 9.83. The van der Waals surface area contributed by atoms with Crippen LogP contribution in [0.1, 0.15) is 24.5 Å². The minimum Gasteiger partial charge on any atom is -0.508 e. The van der Waals surface area contributed by atoms with Gasteiger partial charge in [-0.3, -0.25) is 4.90 Å². The van der Waals surface area contributed by atoms with Gasteiger partial charge in [0.25, 0.3) is 0 Å². The Morgan fingerprint density at radius 1 is 1.35 bits per heavy atom. The Morgan fingerprint density at radius 2 is 2.20 bits per heavy atom. The van der Waals surface area contributed by atoms with Gasteiger partial charge in [-0.15, -0.1) is 0 Å². The van der Waals surface area contributed by atoms with Crippen molar-refractivity contribution in [2.24, 2.45) is 0 Å². The number of aromatic hydroxyl groups is 1. The molecule has 0 unspecified atom stereocenters. The molecule has 20 heavy (non-hydrogen) atoms. The molecule has 0 saturated carbocycles. The van der Waals surface area contributed by atoms with Crippen molar-refractivity contribution in [3.8, 4) is 5.75 Å². The summed E-state index contributed by atoms with van der Waals surface area (Å²) >= 11 is 0. The van der Waals surface area contributed by atoms with Gasteiger partial charge in [-0.2, -0.15) is 0 Å². The van der Waals surface area contributed by atoms with Crippen LogP contribution in [0.25, 0.3) is 0 Å². The van der Waals surface area contributed by atoms with E-state index in [1.54, 1.807) is 6.07 Å². The number of aliphatic hydroxyl groups excluding tert-OH is 1. The van der Waals surface area contributed by atoms with Gasteiger partial charge in [-0.25, -0.2) is 0 Å². The highest BCUT2D eigenvalue weighted by atomic mass is 16.5. The van der Waals surface area contributed by atoms with E-state index in [-0.39, 0.29) is 18.8 Å². The molecule has 1 aliphatic carbocycles. The Morgan fingerprint density at radius 3 is 2.95 bits per heavy atom. The summed E-state index contributed by atoms with van der Waals surface area (Å²) in [6, 6.07) is 6.13. The smallest absolute Gasteiger partial charge is 0.119 e. The maximum Gasteiger partial charge on any atom is 0.119 e. The molecule has 3 atom stereocenters. The van der Waals surface area contributed by atoms with Crippen molar-refractivity contribution in [3.05, 3.63) is 29.3 Å². The van der Waals surface area contributed by atoms with Crippen molar-refractivity contribution in [3.63, 3.8) is 0 Å². The van der Waals surface area contributed by atoms with E-state index in [2.05, 4.69) is 17.9 Å². The van der Waals surface area contributed by atoms with Gasteiger partial charge in [0.05, 0.1) is 18.8 Å². The van der Waals surface area contributed by atoms with Gasteiger partial charge in [-0.05, 0) is 36.6 Å². The van der Waals surface area contributed by atoms with E-state index in [9.17, 15) is 10.2 Å². The van der Waals surface area contributed by atoms with Gasteiger partial charge < -0.3 is 14.9 Å². The molecule has 2 aliphatic rings. The van der Waals surface area contributed by atoms with Gasteiger partial charge in [0.1, 0.15) is 5.75 Å². The third kappa shape index (κ3) is 2.43. The fourth-order valence-electron chi connectivity index (χ4n) is 3.58. The van der Waals surface area contributed by atoms with E-state index in [0.717, 1.165) is 37.9 Å². The quantitative estimate of drug-likeness (QED) is 0.875. The van der Waals surface area contributed by atoms with Gasteiger partial charge in [-0.1, -0.05) is 19.1 Å². The minimum atomic E-state index is -0.102. The van der Waals surface area contributed by atoms with Crippen molar-refractivity contribution < 1.29 is 14.9 Å².